The maximum Gasteiger partial charge on any atom is 0.229 e. The summed E-state index contributed by atoms with van der Waals surface area (Å²) in [6.45, 7) is 3.56. The molecule has 1 unspecified atom stereocenters. The van der Waals surface area contributed by atoms with Crippen LogP contribution in [0.4, 0.5) is 11.5 Å². The van der Waals surface area contributed by atoms with Crippen molar-refractivity contribution in [3.05, 3.63) is 60.7 Å². The van der Waals surface area contributed by atoms with E-state index in [0.29, 0.717) is 6.54 Å². The summed E-state index contributed by atoms with van der Waals surface area (Å²) in [5, 5.41) is 11.6. The van der Waals surface area contributed by atoms with Gasteiger partial charge in [0.25, 0.3) is 0 Å². The number of hydrogen-bond acceptors (Lipinski definition) is 5. The lowest BCUT2D eigenvalue weighted by Crippen LogP contribution is -2.41. The molecule has 27 heavy (non-hydrogen) atoms. The molecule has 3 aromatic rings. The number of aryl methyl sites for hydroxylation is 1. The minimum absolute atomic E-state index is 0.0600. The van der Waals surface area contributed by atoms with Gasteiger partial charge < -0.3 is 10.2 Å². The van der Waals surface area contributed by atoms with Crippen LogP contribution < -0.4 is 10.2 Å². The lowest BCUT2D eigenvalue weighted by atomic mass is 9.97. The van der Waals surface area contributed by atoms with Gasteiger partial charge in [-0.05, 0) is 44.0 Å². The number of anilines is 2. The third kappa shape index (κ3) is 3.97. The van der Waals surface area contributed by atoms with Crippen molar-refractivity contribution < 1.29 is 4.79 Å². The normalized spacial score (nSPS) is 16.9. The molecular formula is C20H22N6O. The summed E-state index contributed by atoms with van der Waals surface area (Å²) in [7, 11) is 0. The van der Waals surface area contributed by atoms with Crippen molar-refractivity contribution in [1.29, 1.82) is 0 Å². The minimum atomic E-state index is -0.0600. The first kappa shape index (κ1) is 17.2. The second-order valence-electron chi connectivity index (χ2n) is 6.86. The molecule has 1 saturated heterocycles. The number of nitrogens with zero attached hydrogens (tertiary/aromatic N) is 5. The zero-order valence-corrected chi connectivity index (χ0v) is 15.2. The zero-order valence-electron chi connectivity index (χ0n) is 15.2. The van der Waals surface area contributed by atoms with Crippen LogP contribution in [0.25, 0.3) is 5.82 Å². The van der Waals surface area contributed by atoms with E-state index in [1.54, 1.807) is 12.5 Å². The molecule has 1 amide bonds. The number of carbonyl (C=O) groups excluding carboxylic acids is 1. The Kier molecular flexibility index (Phi) is 4.82. The second kappa shape index (κ2) is 7.57. The van der Waals surface area contributed by atoms with Crippen LogP contribution in [0.5, 0.6) is 0 Å². The van der Waals surface area contributed by atoms with Crippen molar-refractivity contribution in [2.75, 3.05) is 23.3 Å². The van der Waals surface area contributed by atoms with Crippen molar-refractivity contribution in [1.82, 2.24) is 19.7 Å². The average Bonchev–Trinajstić information content (AvgIpc) is 3.25. The van der Waals surface area contributed by atoms with Gasteiger partial charge in [-0.2, -0.15) is 0 Å². The summed E-state index contributed by atoms with van der Waals surface area (Å²) in [6.07, 6.45) is 7.06. The molecule has 0 radical (unpaired) electrons. The Morgan fingerprint density at radius 3 is 2.59 bits per heavy atom. The third-order valence-corrected chi connectivity index (χ3v) is 4.84. The Bertz CT molecular complexity index is 889. The van der Waals surface area contributed by atoms with E-state index in [1.807, 2.05) is 54.1 Å². The van der Waals surface area contributed by atoms with Crippen molar-refractivity contribution >= 4 is 17.4 Å². The fraction of sp³-hybridized carbons (Fsp3) is 0.300. The van der Waals surface area contributed by atoms with Crippen molar-refractivity contribution in [2.24, 2.45) is 5.92 Å². The largest absolute Gasteiger partial charge is 0.354 e. The van der Waals surface area contributed by atoms with Crippen molar-refractivity contribution in [3.8, 4) is 5.82 Å². The summed E-state index contributed by atoms with van der Waals surface area (Å²) in [6, 6.07) is 11.7. The van der Waals surface area contributed by atoms with Gasteiger partial charge in [-0.15, -0.1) is 10.2 Å². The van der Waals surface area contributed by atoms with Gasteiger partial charge in [0, 0.05) is 31.2 Å². The molecule has 1 aliphatic rings. The Morgan fingerprint density at radius 1 is 1.11 bits per heavy atom. The molecule has 1 N–H and O–H groups in total. The molecule has 0 saturated carbocycles. The number of hydrogen-bond donors (Lipinski definition) is 1. The molecule has 7 nitrogen and oxygen atoms in total. The molecule has 0 aliphatic carbocycles. The highest BCUT2D eigenvalue weighted by atomic mass is 16.1. The van der Waals surface area contributed by atoms with Crippen LogP contribution in [0.3, 0.4) is 0 Å². The van der Waals surface area contributed by atoms with Gasteiger partial charge in [0.2, 0.25) is 5.91 Å². The molecule has 1 fully saturated rings. The van der Waals surface area contributed by atoms with Gasteiger partial charge in [-0.3, -0.25) is 9.36 Å². The van der Waals surface area contributed by atoms with Crippen LogP contribution in [0, 0.1) is 12.8 Å². The molecule has 138 valence electrons. The highest BCUT2D eigenvalue weighted by Crippen LogP contribution is 2.23. The van der Waals surface area contributed by atoms with Gasteiger partial charge in [-0.1, -0.05) is 17.7 Å². The number of aromatic nitrogens is 4. The van der Waals surface area contributed by atoms with Gasteiger partial charge in [0.15, 0.2) is 11.6 Å². The van der Waals surface area contributed by atoms with Crippen LogP contribution in [0.1, 0.15) is 18.4 Å². The molecule has 1 aliphatic heterocycles. The Balaban J connectivity index is 1.41. The topological polar surface area (TPSA) is 75.9 Å². The van der Waals surface area contributed by atoms with E-state index >= 15 is 0 Å². The van der Waals surface area contributed by atoms with E-state index < -0.39 is 0 Å². The molecule has 0 bridgehead atoms. The van der Waals surface area contributed by atoms with Crippen molar-refractivity contribution in [2.45, 2.75) is 19.8 Å². The predicted molar refractivity (Wildman–Crippen MR) is 104 cm³/mol. The first-order valence-corrected chi connectivity index (χ1v) is 9.13. The highest BCUT2D eigenvalue weighted by Gasteiger charge is 2.26. The van der Waals surface area contributed by atoms with Crippen LogP contribution in [0.2, 0.25) is 0 Å². The monoisotopic (exact) mass is 362 g/mol. The van der Waals surface area contributed by atoms with Crippen LogP contribution in [-0.2, 0) is 4.79 Å². The van der Waals surface area contributed by atoms with Gasteiger partial charge >= 0.3 is 0 Å². The van der Waals surface area contributed by atoms with E-state index in [0.717, 1.165) is 36.7 Å². The molecule has 2 aromatic heterocycles. The molecule has 1 aromatic carbocycles. The van der Waals surface area contributed by atoms with Gasteiger partial charge in [0.05, 0.1) is 5.92 Å². The van der Waals surface area contributed by atoms with Crippen LogP contribution >= 0.6 is 0 Å². The first-order valence-electron chi connectivity index (χ1n) is 9.13. The van der Waals surface area contributed by atoms with E-state index in [9.17, 15) is 4.79 Å². The number of carbonyl (C=O) groups is 1. The summed E-state index contributed by atoms with van der Waals surface area (Å²) in [5.41, 5.74) is 2.02. The first-order chi connectivity index (χ1) is 13.2. The quantitative estimate of drug-likeness (QED) is 0.772. The molecule has 4 rings (SSSR count). The Labute approximate surface area is 158 Å². The summed E-state index contributed by atoms with van der Waals surface area (Å²) in [5.74, 6) is 1.52. The summed E-state index contributed by atoms with van der Waals surface area (Å²) in [4.78, 5) is 18.8. The molecule has 0 spiro atoms. The van der Waals surface area contributed by atoms with Crippen molar-refractivity contribution in [3.63, 3.8) is 0 Å². The van der Waals surface area contributed by atoms with E-state index in [2.05, 4.69) is 25.4 Å². The van der Waals surface area contributed by atoms with Crippen LogP contribution in [-0.4, -0.2) is 38.7 Å². The van der Waals surface area contributed by atoms with E-state index in [1.165, 1.54) is 5.56 Å². The lowest BCUT2D eigenvalue weighted by Gasteiger charge is -2.32. The maximum absolute atomic E-state index is 12.7. The fourth-order valence-corrected chi connectivity index (χ4v) is 3.30. The minimum Gasteiger partial charge on any atom is -0.354 e. The SMILES string of the molecule is Cc1ccc(NC(=O)C2CCCN(c3ccc(-n4ccnc4)nn3)C2)cc1. The predicted octanol–water partition coefficient (Wildman–Crippen LogP) is 2.83. The molecule has 3 heterocycles. The average molecular weight is 362 g/mol. The Morgan fingerprint density at radius 2 is 1.89 bits per heavy atom. The van der Waals surface area contributed by atoms with E-state index in [-0.39, 0.29) is 11.8 Å². The molecular weight excluding hydrogens is 340 g/mol. The number of rotatable bonds is 4. The van der Waals surface area contributed by atoms with E-state index in [4.69, 9.17) is 0 Å². The van der Waals surface area contributed by atoms with Gasteiger partial charge in [-0.25, -0.2) is 4.98 Å². The summed E-state index contributed by atoms with van der Waals surface area (Å²) < 4.78 is 1.81. The standard InChI is InChI=1S/C20H22N6O/c1-15-4-6-17(7-5-15)22-20(27)16-3-2-11-25(13-16)18-8-9-19(24-23-18)26-12-10-21-14-26/h4-10,12,14,16H,2-3,11,13H2,1H3,(H,22,27). The number of amides is 1. The van der Waals surface area contributed by atoms with Crippen LogP contribution in [0.15, 0.2) is 55.1 Å². The maximum atomic E-state index is 12.7. The molecule has 1 atom stereocenters. The number of benzene rings is 1. The number of nitrogens with one attached hydrogen (secondary N) is 1. The van der Waals surface area contributed by atoms with Gasteiger partial charge in [0.1, 0.15) is 6.33 Å². The highest BCUT2D eigenvalue weighted by molar-refractivity contribution is 5.93. The Hall–Kier alpha value is -3.22. The smallest absolute Gasteiger partial charge is 0.229 e. The summed E-state index contributed by atoms with van der Waals surface area (Å²) >= 11 is 0. The fourth-order valence-electron chi connectivity index (χ4n) is 3.30. The second-order valence-corrected chi connectivity index (χ2v) is 6.86. The number of imidazole rings is 1. The lowest BCUT2D eigenvalue weighted by molar-refractivity contribution is -0.120. The third-order valence-electron chi connectivity index (χ3n) is 4.84. The number of piperidine rings is 1. The zero-order chi connectivity index (χ0) is 18.6. The molecule has 7 heteroatoms.